The lowest BCUT2D eigenvalue weighted by atomic mass is 9.93. The molecule has 0 saturated heterocycles. The third-order valence-electron chi connectivity index (χ3n) is 11.0. The summed E-state index contributed by atoms with van der Waals surface area (Å²) in [4.78, 5) is 4.75. The van der Waals surface area contributed by atoms with Gasteiger partial charge >= 0.3 is 0 Å². The van der Waals surface area contributed by atoms with E-state index in [1.54, 1.807) is 0 Å². The topological polar surface area (TPSA) is 19.6 Å². The molecule has 0 bridgehead atoms. The molecule has 0 aliphatic rings. The molecule has 0 aliphatic heterocycles. The van der Waals surface area contributed by atoms with Crippen LogP contribution in [0.3, 0.4) is 0 Å². The van der Waals surface area contributed by atoms with Crippen LogP contribution in [0.4, 0.5) is 34.1 Å². The number of para-hydroxylation sites is 3. The molecule has 0 amide bonds. The molecule has 4 heteroatoms. The molecular formula is C54H36N2OS. The minimum absolute atomic E-state index is 0.863. The second kappa shape index (κ2) is 14.3. The summed E-state index contributed by atoms with van der Waals surface area (Å²) in [6.07, 6.45) is 0. The molecule has 0 saturated carbocycles. The minimum Gasteiger partial charge on any atom is -0.456 e. The predicted molar refractivity (Wildman–Crippen MR) is 247 cm³/mol. The summed E-state index contributed by atoms with van der Waals surface area (Å²) >= 11 is 1.84. The molecule has 0 radical (unpaired) electrons. The van der Waals surface area contributed by atoms with E-state index in [4.69, 9.17) is 4.42 Å². The van der Waals surface area contributed by atoms with Crippen molar-refractivity contribution in [1.29, 1.82) is 0 Å². The lowest BCUT2D eigenvalue weighted by Gasteiger charge is -2.27. The van der Waals surface area contributed by atoms with Crippen LogP contribution in [-0.2, 0) is 0 Å². The fraction of sp³-hybridized carbons (Fsp3) is 0. The lowest BCUT2D eigenvalue weighted by Crippen LogP contribution is -2.10. The van der Waals surface area contributed by atoms with Crippen LogP contribution in [0.25, 0.3) is 64.4 Å². The van der Waals surface area contributed by atoms with Crippen LogP contribution in [0.15, 0.2) is 223 Å². The van der Waals surface area contributed by atoms with Crippen molar-refractivity contribution < 1.29 is 4.42 Å². The Morgan fingerprint density at radius 3 is 1.59 bits per heavy atom. The molecule has 0 atom stereocenters. The Morgan fingerprint density at radius 2 is 0.879 bits per heavy atom. The summed E-state index contributed by atoms with van der Waals surface area (Å²) in [6.45, 7) is 0. The smallest absolute Gasteiger partial charge is 0.137 e. The van der Waals surface area contributed by atoms with E-state index in [0.29, 0.717) is 0 Å². The molecule has 9 aromatic carbocycles. The maximum Gasteiger partial charge on any atom is 0.137 e. The molecule has 2 heterocycles. The molecule has 11 rings (SSSR count). The average Bonchev–Trinajstić information content (AvgIpc) is 3.86. The highest BCUT2D eigenvalue weighted by Gasteiger charge is 2.22. The Labute approximate surface area is 340 Å². The molecule has 0 N–H and O–H groups in total. The Morgan fingerprint density at radius 1 is 0.328 bits per heavy atom. The van der Waals surface area contributed by atoms with E-state index in [9.17, 15) is 0 Å². The number of hydrogen-bond donors (Lipinski definition) is 0. The van der Waals surface area contributed by atoms with Crippen molar-refractivity contribution in [2.45, 2.75) is 0 Å². The predicted octanol–water partition coefficient (Wildman–Crippen LogP) is 16.2. The van der Waals surface area contributed by atoms with Gasteiger partial charge in [0.25, 0.3) is 0 Å². The van der Waals surface area contributed by atoms with Crippen molar-refractivity contribution in [2.75, 3.05) is 9.80 Å². The summed E-state index contributed by atoms with van der Waals surface area (Å²) in [6, 6.07) is 78.1. The summed E-state index contributed by atoms with van der Waals surface area (Å²) < 4.78 is 8.94. The highest BCUT2D eigenvalue weighted by Crippen LogP contribution is 2.48. The van der Waals surface area contributed by atoms with E-state index in [2.05, 4.69) is 216 Å². The average molecular weight is 761 g/mol. The molecule has 274 valence electrons. The van der Waals surface area contributed by atoms with Gasteiger partial charge in [0, 0.05) is 65.4 Å². The Bertz CT molecular complexity index is 3190. The van der Waals surface area contributed by atoms with E-state index in [1.165, 1.54) is 42.4 Å². The number of nitrogens with zero attached hydrogens (tertiary/aromatic N) is 2. The third kappa shape index (κ3) is 5.90. The van der Waals surface area contributed by atoms with Gasteiger partial charge in [-0.3, -0.25) is 0 Å². The highest BCUT2D eigenvalue weighted by molar-refractivity contribution is 7.26. The van der Waals surface area contributed by atoms with Crippen molar-refractivity contribution in [3.63, 3.8) is 0 Å². The zero-order valence-electron chi connectivity index (χ0n) is 31.5. The van der Waals surface area contributed by atoms with Gasteiger partial charge in [-0.25, -0.2) is 0 Å². The summed E-state index contributed by atoms with van der Waals surface area (Å²) in [5, 5.41) is 4.71. The van der Waals surface area contributed by atoms with E-state index < -0.39 is 0 Å². The van der Waals surface area contributed by atoms with Gasteiger partial charge in [0.2, 0.25) is 0 Å². The van der Waals surface area contributed by atoms with Gasteiger partial charge in [-0.15, -0.1) is 11.3 Å². The number of fused-ring (bicyclic) bond motifs is 6. The lowest BCUT2D eigenvalue weighted by molar-refractivity contribution is 0.669. The van der Waals surface area contributed by atoms with Crippen molar-refractivity contribution in [2.24, 2.45) is 0 Å². The van der Waals surface area contributed by atoms with Gasteiger partial charge < -0.3 is 14.2 Å². The fourth-order valence-electron chi connectivity index (χ4n) is 8.40. The minimum atomic E-state index is 0.863. The maximum absolute atomic E-state index is 6.47. The molecule has 2 aromatic heterocycles. The number of furan rings is 1. The van der Waals surface area contributed by atoms with Crippen LogP contribution in [0.2, 0.25) is 0 Å². The monoisotopic (exact) mass is 760 g/mol. The van der Waals surface area contributed by atoms with Gasteiger partial charge in [-0.2, -0.15) is 0 Å². The first-order valence-corrected chi connectivity index (χ1v) is 20.4. The summed E-state index contributed by atoms with van der Waals surface area (Å²) in [7, 11) is 0. The third-order valence-corrected chi connectivity index (χ3v) is 12.2. The molecule has 0 spiro atoms. The molecule has 11 aromatic rings. The number of thiophene rings is 1. The van der Waals surface area contributed by atoms with Crippen LogP contribution in [0.5, 0.6) is 0 Å². The maximum atomic E-state index is 6.47. The second-order valence-corrected chi connectivity index (χ2v) is 15.6. The van der Waals surface area contributed by atoms with Crippen molar-refractivity contribution in [1.82, 2.24) is 0 Å². The zero-order chi connectivity index (χ0) is 38.4. The number of rotatable bonds is 8. The van der Waals surface area contributed by atoms with Crippen LogP contribution < -0.4 is 9.80 Å². The molecule has 58 heavy (non-hydrogen) atoms. The van der Waals surface area contributed by atoms with Gasteiger partial charge in [0.15, 0.2) is 0 Å². The van der Waals surface area contributed by atoms with Crippen LogP contribution in [0, 0.1) is 0 Å². The van der Waals surface area contributed by atoms with Gasteiger partial charge in [-0.05, 0) is 101 Å². The van der Waals surface area contributed by atoms with E-state index in [1.807, 2.05) is 23.5 Å². The summed E-state index contributed by atoms with van der Waals surface area (Å²) in [5.74, 6) is 0. The first kappa shape index (κ1) is 33.9. The van der Waals surface area contributed by atoms with Crippen molar-refractivity contribution >= 4 is 87.6 Å². The number of benzene rings is 9. The number of anilines is 6. The SMILES string of the molecule is c1ccc(-c2ccc(N(c3ccc4c(c3)oc3ccccc34)c3ccc4c(c3)sc3cccc(N(c5ccccc5)c5ccccc5)c34)cc2-c2ccccc2)cc1. The van der Waals surface area contributed by atoms with E-state index >= 15 is 0 Å². The Kier molecular flexibility index (Phi) is 8.34. The van der Waals surface area contributed by atoms with Crippen LogP contribution in [-0.4, -0.2) is 0 Å². The zero-order valence-corrected chi connectivity index (χ0v) is 32.3. The van der Waals surface area contributed by atoms with Gasteiger partial charge in [0.05, 0.1) is 5.69 Å². The van der Waals surface area contributed by atoms with Crippen molar-refractivity contribution in [3.05, 3.63) is 218 Å². The van der Waals surface area contributed by atoms with Gasteiger partial charge in [-0.1, -0.05) is 133 Å². The van der Waals surface area contributed by atoms with Gasteiger partial charge in [0.1, 0.15) is 11.2 Å². The molecule has 3 nitrogen and oxygen atoms in total. The standard InChI is InChI=1S/C54H36N2OS/c1-5-16-37(17-6-1)44-31-28-41(34-48(44)38-18-7-2-8-19-38)55(42-29-32-46-45-24-13-14-26-50(45)57-51(46)35-42)43-30-33-47-53(36-43)58-52-27-15-25-49(54(47)52)56(39-20-9-3-10-21-39)40-22-11-4-12-23-40/h1-36H. The molecule has 0 fully saturated rings. The normalized spacial score (nSPS) is 11.4. The first-order valence-electron chi connectivity index (χ1n) is 19.6. The first-order chi connectivity index (χ1) is 28.8. The molecule has 0 unspecified atom stereocenters. The van der Waals surface area contributed by atoms with Crippen LogP contribution >= 0.6 is 11.3 Å². The Balaban J connectivity index is 1.12. The Hall–Kier alpha value is -7.40. The van der Waals surface area contributed by atoms with Crippen molar-refractivity contribution in [3.8, 4) is 22.3 Å². The van der Waals surface area contributed by atoms with E-state index in [-0.39, 0.29) is 0 Å². The molecular weight excluding hydrogens is 725 g/mol. The van der Waals surface area contributed by atoms with E-state index in [0.717, 1.165) is 56.1 Å². The summed E-state index contributed by atoms with van der Waals surface area (Å²) in [5.41, 5.74) is 13.0. The fourth-order valence-corrected chi connectivity index (χ4v) is 9.56. The highest BCUT2D eigenvalue weighted by atomic mass is 32.1. The second-order valence-electron chi connectivity index (χ2n) is 14.5. The molecule has 0 aliphatic carbocycles. The number of hydrogen-bond acceptors (Lipinski definition) is 4. The quantitative estimate of drug-likeness (QED) is 0.154. The largest absolute Gasteiger partial charge is 0.456 e. The van der Waals surface area contributed by atoms with Crippen LogP contribution in [0.1, 0.15) is 0 Å².